The molecule has 0 saturated carbocycles. The average Bonchev–Trinajstić information content (AvgIpc) is 1.77. The second-order valence-electron chi connectivity index (χ2n) is 2.08. The second kappa shape index (κ2) is 3.77. The van der Waals surface area contributed by atoms with Crippen LogP contribution in [0.5, 0.6) is 0 Å². The third-order valence-electron chi connectivity index (χ3n) is 1.43. The topological polar surface area (TPSA) is 0 Å². The first-order chi connectivity index (χ1) is 3.80. The Balaban J connectivity index is 0.000000640. The minimum absolute atomic E-state index is 0. The van der Waals surface area contributed by atoms with Crippen LogP contribution in [0.15, 0.2) is 24.3 Å². The van der Waals surface area contributed by atoms with Crippen molar-refractivity contribution in [2.75, 3.05) is 0 Å². The minimum atomic E-state index is 0. The maximum atomic E-state index is 2.12. The summed E-state index contributed by atoms with van der Waals surface area (Å²) >= 11 is 0. The molecule has 0 heterocycles. The van der Waals surface area contributed by atoms with Crippen LogP contribution in [0.3, 0.4) is 0 Å². The van der Waals surface area contributed by atoms with Crippen molar-refractivity contribution in [1.82, 2.24) is 0 Å². The van der Waals surface area contributed by atoms with Gasteiger partial charge in [-0.15, -0.1) is 0 Å². The number of rotatable bonds is 0. The van der Waals surface area contributed by atoms with E-state index in [1.807, 2.05) is 0 Å². The van der Waals surface area contributed by atoms with Crippen LogP contribution < -0.4 is 0 Å². The van der Waals surface area contributed by atoms with Gasteiger partial charge in [0.2, 0.25) is 0 Å². The zero-order valence-electron chi connectivity index (χ0n) is 5.31. The molecule has 0 nitrogen and oxygen atoms in total. The van der Waals surface area contributed by atoms with Crippen LogP contribution in [0, 0.1) is 13.8 Å². The standard InChI is InChI=1S/C8H10.Li.H/c1-7-5-3-4-6-8(7)2;;/h3-6H,1-2H3;;. The molecule has 0 aliphatic rings. The molecule has 0 radical (unpaired) electrons. The molecule has 1 heteroatoms. The van der Waals surface area contributed by atoms with Gasteiger partial charge in [-0.25, -0.2) is 0 Å². The first kappa shape index (κ1) is 8.82. The summed E-state index contributed by atoms with van der Waals surface area (Å²) in [7, 11) is 0. The molecule has 0 fully saturated rings. The molecule has 0 aliphatic carbocycles. The SMILES string of the molecule is Cc1ccccc1C.[LiH]. The molecule has 9 heavy (non-hydrogen) atoms. The van der Waals surface area contributed by atoms with E-state index in [-0.39, 0.29) is 18.9 Å². The Kier molecular flexibility index (Phi) is 3.69. The summed E-state index contributed by atoms with van der Waals surface area (Å²) in [6.07, 6.45) is 0. The summed E-state index contributed by atoms with van der Waals surface area (Å²) in [6, 6.07) is 8.36. The zero-order chi connectivity index (χ0) is 5.98. The van der Waals surface area contributed by atoms with Crippen LogP contribution >= 0.6 is 0 Å². The van der Waals surface area contributed by atoms with Crippen molar-refractivity contribution < 1.29 is 0 Å². The van der Waals surface area contributed by atoms with Crippen LogP contribution in [-0.2, 0) is 0 Å². The normalized spacial score (nSPS) is 8.22. The van der Waals surface area contributed by atoms with Crippen LogP contribution in [-0.4, -0.2) is 18.9 Å². The molecule has 0 atom stereocenters. The molecule has 0 spiro atoms. The summed E-state index contributed by atoms with van der Waals surface area (Å²) in [5.74, 6) is 0. The quantitative estimate of drug-likeness (QED) is 0.450. The molecular weight excluding hydrogens is 103 g/mol. The van der Waals surface area contributed by atoms with Gasteiger partial charge in [-0.2, -0.15) is 0 Å². The Bertz CT molecular complexity index is 161. The maximum absolute atomic E-state index is 2.12. The van der Waals surface area contributed by atoms with Gasteiger partial charge in [0.25, 0.3) is 0 Å². The second-order valence-corrected chi connectivity index (χ2v) is 2.08. The number of hydrogen-bond donors (Lipinski definition) is 0. The van der Waals surface area contributed by atoms with Gasteiger partial charge in [-0.1, -0.05) is 24.3 Å². The molecule has 0 unspecified atom stereocenters. The zero-order valence-corrected chi connectivity index (χ0v) is 5.31. The van der Waals surface area contributed by atoms with Crippen molar-refractivity contribution in [3.63, 3.8) is 0 Å². The molecule has 1 aromatic rings. The van der Waals surface area contributed by atoms with Gasteiger partial charge < -0.3 is 0 Å². The first-order valence-electron chi connectivity index (χ1n) is 2.83. The Morgan fingerprint density at radius 2 is 1.22 bits per heavy atom. The fourth-order valence-electron chi connectivity index (χ4n) is 0.663. The molecule has 0 amide bonds. The third-order valence-corrected chi connectivity index (χ3v) is 1.43. The molecule has 0 saturated heterocycles. The predicted octanol–water partition coefficient (Wildman–Crippen LogP) is 1.65. The first-order valence-corrected chi connectivity index (χ1v) is 2.83. The van der Waals surface area contributed by atoms with Gasteiger partial charge >= 0.3 is 18.9 Å². The third kappa shape index (κ3) is 2.26. The van der Waals surface area contributed by atoms with Crippen molar-refractivity contribution in [1.29, 1.82) is 0 Å². The van der Waals surface area contributed by atoms with E-state index in [2.05, 4.69) is 38.1 Å². The molecular formula is C8H11Li. The number of aryl methyl sites for hydroxylation is 2. The number of hydrogen-bond acceptors (Lipinski definition) is 0. The summed E-state index contributed by atoms with van der Waals surface area (Å²) in [5.41, 5.74) is 2.74. The van der Waals surface area contributed by atoms with E-state index in [1.165, 1.54) is 11.1 Å². The summed E-state index contributed by atoms with van der Waals surface area (Å²) in [6.45, 7) is 4.24. The van der Waals surface area contributed by atoms with Crippen LogP contribution in [0.4, 0.5) is 0 Å². The van der Waals surface area contributed by atoms with Crippen molar-refractivity contribution in [3.05, 3.63) is 35.4 Å². The van der Waals surface area contributed by atoms with E-state index in [0.29, 0.717) is 0 Å². The van der Waals surface area contributed by atoms with Crippen molar-refractivity contribution in [2.24, 2.45) is 0 Å². The van der Waals surface area contributed by atoms with Gasteiger partial charge in [0.05, 0.1) is 0 Å². The van der Waals surface area contributed by atoms with Gasteiger partial charge in [0, 0.05) is 0 Å². The van der Waals surface area contributed by atoms with Crippen LogP contribution in [0.2, 0.25) is 0 Å². The summed E-state index contributed by atoms with van der Waals surface area (Å²) in [5, 5.41) is 0. The molecule has 0 aliphatic heterocycles. The van der Waals surface area contributed by atoms with Gasteiger partial charge in [-0.3, -0.25) is 0 Å². The summed E-state index contributed by atoms with van der Waals surface area (Å²) in [4.78, 5) is 0. The fraction of sp³-hybridized carbons (Fsp3) is 0.250. The van der Waals surface area contributed by atoms with E-state index < -0.39 is 0 Å². The summed E-state index contributed by atoms with van der Waals surface area (Å²) < 4.78 is 0. The molecule has 1 rings (SSSR count). The van der Waals surface area contributed by atoms with Crippen molar-refractivity contribution in [3.8, 4) is 0 Å². The fourth-order valence-corrected chi connectivity index (χ4v) is 0.663. The van der Waals surface area contributed by atoms with E-state index in [0.717, 1.165) is 0 Å². The molecule has 1 aromatic carbocycles. The monoisotopic (exact) mass is 114 g/mol. The van der Waals surface area contributed by atoms with Crippen LogP contribution in [0.1, 0.15) is 11.1 Å². The van der Waals surface area contributed by atoms with Crippen molar-refractivity contribution in [2.45, 2.75) is 13.8 Å². The van der Waals surface area contributed by atoms with Crippen LogP contribution in [0.25, 0.3) is 0 Å². The van der Waals surface area contributed by atoms with E-state index in [1.54, 1.807) is 0 Å². The Labute approximate surface area is 68.5 Å². The molecule has 0 aromatic heterocycles. The molecule has 0 bridgehead atoms. The molecule has 0 N–H and O–H groups in total. The van der Waals surface area contributed by atoms with Gasteiger partial charge in [-0.05, 0) is 25.0 Å². The van der Waals surface area contributed by atoms with Crippen molar-refractivity contribution >= 4 is 18.9 Å². The van der Waals surface area contributed by atoms with E-state index >= 15 is 0 Å². The molecule has 44 valence electrons. The van der Waals surface area contributed by atoms with Gasteiger partial charge in [0.1, 0.15) is 0 Å². The predicted molar refractivity (Wildman–Crippen MR) is 43.1 cm³/mol. The Morgan fingerprint density at radius 1 is 0.889 bits per heavy atom. The van der Waals surface area contributed by atoms with E-state index in [4.69, 9.17) is 0 Å². The number of benzene rings is 1. The Morgan fingerprint density at radius 3 is 1.44 bits per heavy atom. The van der Waals surface area contributed by atoms with E-state index in [9.17, 15) is 0 Å². The Hall–Kier alpha value is -0.183. The van der Waals surface area contributed by atoms with Gasteiger partial charge in [0.15, 0.2) is 0 Å². The average molecular weight is 114 g/mol.